The molecule has 0 aliphatic carbocycles. The van der Waals surface area contributed by atoms with E-state index < -0.39 is 0 Å². The summed E-state index contributed by atoms with van der Waals surface area (Å²) in [7, 11) is 0. The van der Waals surface area contributed by atoms with Gasteiger partial charge in [-0.1, -0.05) is 37.4 Å². The van der Waals surface area contributed by atoms with Crippen molar-refractivity contribution < 1.29 is 0 Å². The van der Waals surface area contributed by atoms with Gasteiger partial charge in [0.05, 0.1) is 5.88 Å². The monoisotopic (exact) mass is 166 g/mol. The molecule has 0 fully saturated rings. The maximum absolute atomic E-state index is 5.63. The van der Waals surface area contributed by atoms with Gasteiger partial charge in [-0.3, -0.25) is 0 Å². The lowest BCUT2D eigenvalue weighted by Gasteiger charge is -1.90. The van der Waals surface area contributed by atoms with Gasteiger partial charge in [-0.05, 0) is 6.42 Å². The second-order valence-corrected chi connectivity index (χ2v) is 2.68. The first-order chi connectivity index (χ1) is 4.31. The summed E-state index contributed by atoms with van der Waals surface area (Å²) in [6, 6.07) is 0. The zero-order valence-electron chi connectivity index (χ0n) is 5.66. The Morgan fingerprint density at radius 3 is 2.67 bits per heavy atom. The van der Waals surface area contributed by atoms with Gasteiger partial charge in [0.15, 0.2) is 0 Å². The highest BCUT2D eigenvalue weighted by Crippen LogP contribution is 2.06. The smallest absolute Gasteiger partial charge is 0.0578 e. The number of hydrogen-bond donors (Lipinski definition) is 0. The average molecular weight is 167 g/mol. The van der Waals surface area contributed by atoms with Crippen LogP contribution in [-0.2, 0) is 0 Å². The Balaban J connectivity index is 3.21. The van der Waals surface area contributed by atoms with Crippen molar-refractivity contribution >= 4 is 23.2 Å². The van der Waals surface area contributed by atoms with Crippen LogP contribution in [0.4, 0.5) is 0 Å². The predicted molar refractivity (Wildman–Crippen MR) is 44.2 cm³/mol. The highest BCUT2D eigenvalue weighted by molar-refractivity contribution is 6.35. The van der Waals surface area contributed by atoms with Crippen LogP contribution in [0.5, 0.6) is 0 Å². The summed E-state index contributed by atoms with van der Waals surface area (Å²) in [4.78, 5) is 0. The Labute approximate surface area is 66.8 Å². The molecule has 0 amide bonds. The fourth-order valence-corrected chi connectivity index (χ4v) is 0.736. The van der Waals surface area contributed by atoms with E-state index in [2.05, 4.69) is 6.92 Å². The molecular formula is C7H12Cl2. The summed E-state index contributed by atoms with van der Waals surface area (Å²) in [5, 5.41) is 0.769. The van der Waals surface area contributed by atoms with Gasteiger partial charge < -0.3 is 0 Å². The first kappa shape index (κ1) is 9.32. The molecule has 0 saturated carbocycles. The second kappa shape index (κ2) is 6.44. The molecule has 0 bridgehead atoms. The molecule has 0 unspecified atom stereocenters. The molecule has 0 radical (unpaired) electrons. The van der Waals surface area contributed by atoms with Crippen LogP contribution in [0.25, 0.3) is 0 Å². The van der Waals surface area contributed by atoms with E-state index in [-0.39, 0.29) is 0 Å². The molecule has 0 aromatic carbocycles. The molecule has 0 nitrogen and oxygen atoms in total. The van der Waals surface area contributed by atoms with E-state index in [1.807, 2.05) is 6.08 Å². The zero-order valence-corrected chi connectivity index (χ0v) is 7.17. The predicted octanol–water partition coefficient (Wildman–Crippen LogP) is 3.54. The second-order valence-electron chi connectivity index (χ2n) is 1.93. The number of allylic oxidation sites excluding steroid dienone is 2. The highest BCUT2D eigenvalue weighted by Gasteiger charge is 1.85. The largest absolute Gasteiger partial charge is 0.121 e. The van der Waals surface area contributed by atoms with Crippen molar-refractivity contribution in [2.24, 2.45) is 0 Å². The number of rotatable bonds is 4. The molecule has 9 heavy (non-hydrogen) atoms. The Hall–Kier alpha value is 0.320. The van der Waals surface area contributed by atoms with Gasteiger partial charge in [-0.15, -0.1) is 11.6 Å². The molecule has 0 rings (SSSR count). The molecule has 0 heterocycles. The summed E-state index contributed by atoms with van der Waals surface area (Å²) < 4.78 is 0. The third-order valence-corrected chi connectivity index (χ3v) is 1.76. The summed E-state index contributed by atoms with van der Waals surface area (Å²) >= 11 is 11.1. The van der Waals surface area contributed by atoms with Gasteiger partial charge in [0.25, 0.3) is 0 Å². The lowest BCUT2D eigenvalue weighted by Crippen LogP contribution is -1.73. The van der Waals surface area contributed by atoms with Crippen LogP contribution in [0.15, 0.2) is 11.1 Å². The minimum absolute atomic E-state index is 0.450. The summed E-state index contributed by atoms with van der Waals surface area (Å²) in [5.74, 6) is 0.450. The van der Waals surface area contributed by atoms with Crippen molar-refractivity contribution in [2.45, 2.75) is 26.2 Å². The van der Waals surface area contributed by atoms with Crippen LogP contribution in [0.3, 0.4) is 0 Å². The molecule has 0 aromatic heterocycles. The molecule has 0 spiro atoms. The van der Waals surface area contributed by atoms with Crippen molar-refractivity contribution in [2.75, 3.05) is 5.88 Å². The molecule has 0 N–H and O–H groups in total. The van der Waals surface area contributed by atoms with Crippen LogP contribution < -0.4 is 0 Å². The van der Waals surface area contributed by atoms with Crippen molar-refractivity contribution in [3.05, 3.63) is 11.1 Å². The minimum Gasteiger partial charge on any atom is -0.121 e. The first-order valence-corrected chi connectivity index (χ1v) is 4.13. The van der Waals surface area contributed by atoms with E-state index in [1.54, 1.807) is 0 Å². The van der Waals surface area contributed by atoms with Gasteiger partial charge in [-0.2, -0.15) is 0 Å². The highest BCUT2D eigenvalue weighted by atomic mass is 35.5. The third-order valence-electron chi connectivity index (χ3n) is 1.05. The minimum atomic E-state index is 0.450. The molecule has 2 heteroatoms. The number of halogens is 2. The molecule has 0 aliphatic rings. The maximum atomic E-state index is 5.63. The molecule has 0 atom stereocenters. The number of hydrogen-bond acceptors (Lipinski definition) is 0. The quantitative estimate of drug-likeness (QED) is 0.443. The molecule has 0 aromatic rings. The van der Waals surface area contributed by atoms with Crippen LogP contribution in [0.1, 0.15) is 26.2 Å². The van der Waals surface area contributed by atoms with Crippen molar-refractivity contribution in [1.82, 2.24) is 0 Å². The van der Waals surface area contributed by atoms with Crippen LogP contribution in [0.2, 0.25) is 0 Å². The van der Waals surface area contributed by atoms with E-state index in [4.69, 9.17) is 23.2 Å². The Morgan fingerprint density at radius 1 is 1.56 bits per heavy atom. The van der Waals surface area contributed by atoms with Gasteiger partial charge >= 0.3 is 0 Å². The van der Waals surface area contributed by atoms with E-state index in [0.29, 0.717) is 5.88 Å². The van der Waals surface area contributed by atoms with Crippen molar-refractivity contribution in [1.29, 1.82) is 0 Å². The van der Waals surface area contributed by atoms with E-state index in [0.717, 1.165) is 11.5 Å². The normalized spacial score (nSPS) is 12.1. The summed E-state index contributed by atoms with van der Waals surface area (Å²) in [6.45, 7) is 2.16. The zero-order chi connectivity index (χ0) is 7.11. The van der Waals surface area contributed by atoms with Crippen molar-refractivity contribution in [3.63, 3.8) is 0 Å². The maximum Gasteiger partial charge on any atom is 0.0578 e. The van der Waals surface area contributed by atoms with Gasteiger partial charge in [-0.25, -0.2) is 0 Å². The van der Waals surface area contributed by atoms with Crippen LogP contribution in [0, 0.1) is 0 Å². The molecule has 54 valence electrons. The summed E-state index contributed by atoms with van der Waals surface area (Å²) in [5.41, 5.74) is 0. The van der Waals surface area contributed by atoms with Gasteiger partial charge in [0, 0.05) is 5.03 Å². The fraction of sp³-hybridized carbons (Fsp3) is 0.714. The Bertz CT molecular complexity index is 86.9. The fourth-order valence-electron chi connectivity index (χ4n) is 0.517. The Morgan fingerprint density at radius 2 is 2.22 bits per heavy atom. The van der Waals surface area contributed by atoms with E-state index in [1.165, 1.54) is 12.8 Å². The molecule has 0 aliphatic heterocycles. The third kappa shape index (κ3) is 6.20. The Kier molecular flexibility index (Phi) is 6.67. The average Bonchev–Trinajstić information content (AvgIpc) is 1.89. The lowest BCUT2D eigenvalue weighted by molar-refractivity contribution is 0.813. The van der Waals surface area contributed by atoms with E-state index >= 15 is 0 Å². The lowest BCUT2D eigenvalue weighted by atomic mass is 10.2. The SMILES string of the molecule is CCCCC=C(Cl)CCl. The summed E-state index contributed by atoms with van der Waals surface area (Å²) in [6.07, 6.45) is 5.45. The van der Waals surface area contributed by atoms with Crippen LogP contribution >= 0.6 is 23.2 Å². The first-order valence-electron chi connectivity index (χ1n) is 3.21. The molecular weight excluding hydrogens is 155 g/mol. The number of alkyl halides is 1. The number of unbranched alkanes of at least 4 members (excludes halogenated alkanes) is 2. The van der Waals surface area contributed by atoms with Crippen molar-refractivity contribution in [3.8, 4) is 0 Å². The van der Waals surface area contributed by atoms with Gasteiger partial charge in [0.1, 0.15) is 0 Å². The van der Waals surface area contributed by atoms with Crippen LogP contribution in [-0.4, -0.2) is 5.88 Å². The van der Waals surface area contributed by atoms with Gasteiger partial charge in [0.2, 0.25) is 0 Å². The topological polar surface area (TPSA) is 0 Å². The van der Waals surface area contributed by atoms with E-state index in [9.17, 15) is 0 Å². The standard InChI is InChI=1S/C7H12Cl2/c1-2-3-4-5-7(9)6-8/h5H,2-4,6H2,1H3. The molecule has 0 saturated heterocycles.